The van der Waals surface area contributed by atoms with Crippen molar-refractivity contribution in [3.63, 3.8) is 0 Å². The van der Waals surface area contributed by atoms with Crippen molar-refractivity contribution in [2.45, 2.75) is 52.4 Å². The fourth-order valence-corrected chi connectivity index (χ4v) is 1.84. The van der Waals surface area contributed by atoms with Gasteiger partial charge in [-0.05, 0) is 32.2 Å². The highest BCUT2D eigenvalue weighted by atomic mass is 16.4. The van der Waals surface area contributed by atoms with Crippen molar-refractivity contribution < 1.29 is 15.0 Å². The summed E-state index contributed by atoms with van der Waals surface area (Å²) in [4.78, 5) is 10.3. The molecule has 102 valence electrons. The van der Waals surface area contributed by atoms with E-state index in [-0.39, 0.29) is 18.4 Å². The number of aliphatic hydroxyl groups is 1. The summed E-state index contributed by atoms with van der Waals surface area (Å²) in [6.07, 6.45) is 4.93. The molecular formula is C13H27NO3. The van der Waals surface area contributed by atoms with Gasteiger partial charge in [0.25, 0.3) is 0 Å². The summed E-state index contributed by atoms with van der Waals surface area (Å²) in [6.45, 7) is 6.19. The molecule has 4 nitrogen and oxygen atoms in total. The van der Waals surface area contributed by atoms with E-state index in [1.54, 1.807) is 0 Å². The Kier molecular flexibility index (Phi) is 9.09. The highest BCUT2D eigenvalue weighted by Gasteiger charge is 2.24. The molecule has 0 saturated heterocycles. The first-order valence-electron chi connectivity index (χ1n) is 6.63. The molecule has 0 amide bonds. The number of carboxylic acid groups (broad SMARTS) is 1. The highest BCUT2D eigenvalue weighted by Crippen LogP contribution is 2.24. The Balaban J connectivity index is 3.52. The maximum atomic E-state index is 10.3. The quantitative estimate of drug-likeness (QED) is 0.487. The van der Waals surface area contributed by atoms with E-state index in [0.29, 0.717) is 0 Å². The standard InChI is InChI=1S/C13H27NO3/c1-3-13(4-2,11-15)10-14-9-7-5-6-8-12(16)17/h14-15H,3-11H2,1-2H3,(H,16,17). The maximum absolute atomic E-state index is 10.3. The molecule has 0 aliphatic rings. The predicted octanol–water partition coefficient (Wildman–Crippen LogP) is 2.02. The predicted molar refractivity (Wildman–Crippen MR) is 69.1 cm³/mol. The zero-order chi connectivity index (χ0) is 13.1. The van der Waals surface area contributed by atoms with Crippen molar-refractivity contribution in [3.05, 3.63) is 0 Å². The molecular weight excluding hydrogens is 218 g/mol. The number of carboxylic acids is 1. The molecule has 0 aromatic rings. The highest BCUT2D eigenvalue weighted by molar-refractivity contribution is 5.66. The van der Waals surface area contributed by atoms with Crippen LogP contribution in [0.25, 0.3) is 0 Å². The lowest BCUT2D eigenvalue weighted by Gasteiger charge is -2.29. The molecule has 0 radical (unpaired) electrons. The van der Waals surface area contributed by atoms with E-state index in [2.05, 4.69) is 19.2 Å². The number of hydrogen-bond acceptors (Lipinski definition) is 3. The number of unbranched alkanes of at least 4 members (excludes halogenated alkanes) is 2. The largest absolute Gasteiger partial charge is 0.481 e. The number of aliphatic hydroxyl groups excluding tert-OH is 1. The van der Waals surface area contributed by atoms with Gasteiger partial charge in [0, 0.05) is 25.0 Å². The van der Waals surface area contributed by atoms with Gasteiger partial charge in [0.15, 0.2) is 0 Å². The second-order valence-electron chi connectivity index (χ2n) is 4.75. The van der Waals surface area contributed by atoms with Crippen LogP contribution in [0.5, 0.6) is 0 Å². The van der Waals surface area contributed by atoms with Crippen LogP contribution in [-0.4, -0.2) is 35.9 Å². The smallest absolute Gasteiger partial charge is 0.303 e. The third kappa shape index (κ3) is 7.34. The molecule has 0 unspecified atom stereocenters. The number of rotatable bonds is 11. The van der Waals surface area contributed by atoms with E-state index in [0.717, 1.165) is 45.2 Å². The van der Waals surface area contributed by atoms with Crippen LogP contribution in [0, 0.1) is 5.41 Å². The van der Waals surface area contributed by atoms with Gasteiger partial charge in [-0.25, -0.2) is 0 Å². The number of carbonyl (C=O) groups is 1. The minimum atomic E-state index is -0.714. The molecule has 0 aromatic heterocycles. The normalized spacial score (nSPS) is 11.7. The molecule has 0 spiro atoms. The molecule has 0 atom stereocenters. The molecule has 0 aliphatic carbocycles. The molecule has 0 rings (SSSR count). The first-order chi connectivity index (χ1) is 8.10. The van der Waals surface area contributed by atoms with Crippen LogP contribution in [0.1, 0.15) is 52.4 Å². The van der Waals surface area contributed by atoms with Gasteiger partial charge in [-0.15, -0.1) is 0 Å². The summed E-state index contributed by atoms with van der Waals surface area (Å²) < 4.78 is 0. The van der Waals surface area contributed by atoms with Gasteiger partial charge in [-0.1, -0.05) is 20.3 Å². The Labute approximate surface area is 104 Å². The zero-order valence-electron chi connectivity index (χ0n) is 11.2. The van der Waals surface area contributed by atoms with Crippen molar-refractivity contribution in [1.29, 1.82) is 0 Å². The van der Waals surface area contributed by atoms with Crippen molar-refractivity contribution in [2.75, 3.05) is 19.7 Å². The van der Waals surface area contributed by atoms with Crippen LogP contribution in [0.4, 0.5) is 0 Å². The van der Waals surface area contributed by atoms with E-state index in [1.165, 1.54) is 0 Å². The van der Waals surface area contributed by atoms with E-state index >= 15 is 0 Å². The second kappa shape index (κ2) is 9.42. The monoisotopic (exact) mass is 245 g/mol. The summed E-state index contributed by atoms with van der Waals surface area (Å²) in [5.74, 6) is -0.714. The molecule has 0 aliphatic heterocycles. The zero-order valence-corrected chi connectivity index (χ0v) is 11.2. The van der Waals surface area contributed by atoms with Crippen LogP contribution in [0.2, 0.25) is 0 Å². The van der Waals surface area contributed by atoms with Crippen molar-refractivity contribution in [3.8, 4) is 0 Å². The van der Waals surface area contributed by atoms with Gasteiger partial charge in [0.05, 0.1) is 0 Å². The van der Waals surface area contributed by atoms with Gasteiger partial charge in [-0.2, -0.15) is 0 Å². The molecule has 4 heteroatoms. The van der Waals surface area contributed by atoms with Crippen LogP contribution in [0.15, 0.2) is 0 Å². The van der Waals surface area contributed by atoms with Gasteiger partial charge >= 0.3 is 5.97 Å². The summed E-state index contributed by atoms with van der Waals surface area (Å²) in [7, 11) is 0. The number of aliphatic carboxylic acids is 1. The lowest BCUT2D eigenvalue weighted by Crippen LogP contribution is -2.36. The molecule has 17 heavy (non-hydrogen) atoms. The summed E-state index contributed by atoms with van der Waals surface area (Å²) in [6, 6.07) is 0. The molecule has 0 heterocycles. The van der Waals surface area contributed by atoms with Gasteiger partial charge in [-0.3, -0.25) is 4.79 Å². The van der Waals surface area contributed by atoms with Crippen molar-refractivity contribution in [2.24, 2.45) is 5.41 Å². The second-order valence-corrected chi connectivity index (χ2v) is 4.75. The minimum absolute atomic E-state index is 0.0149. The van der Waals surface area contributed by atoms with Crippen LogP contribution in [0.3, 0.4) is 0 Å². The number of nitrogens with one attached hydrogen (secondary N) is 1. The Morgan fingerprint density at radius 3 is 2.29 bits per heavy atom. The first-order valence-corrected chi connectivity index (χ1v) is 6.63. The third-order valence-electron chi connectivity index (χ3n) is 3.58. The summed E-state index contributed by atoms with van der Waals surface area (Å²) in [5, 5.41) is 21.2. The molecule has 0 aromatic carbocycles. The summed E-state index contributed by atoms with van der Waals surface area (Å²) >= 11 is 0. The van der Waals surface area contributed by atoms with Gasteiger partial charge in [0.1, 0.15) is 0 Å². The van der Waals surface area contributed by atoms with Crippen molar-refractivity contribution >= 4 is 5.97 Å². The number of hydrogen-bond donors (Lipinski definition) is 3. The van der Waals surface area contributed by atoms with Crippen LogP contribution in [-0.2, 0) is 4.79 Å². The van der Waals surface area contributed by atoms with Gasteiger partial charge in [0.2, 0.25) is 0 Å². The Bertz CT molecular complexity index is 195. The van der Waals surface area contributed by atoms with Crippen LogP contribution >= 0.6 is 0 Å². The van der Waals surface area contributed by atoms with E-state index in [9.17, 15) is 9.90 Å². The lowest BCUT2D eigenvalue weighted by molar-refractivity contribution is -0.137. The Hall–Kier alpha value is -0.610. The average molecular weight is 245 g/mol. The minimum Gasteiger partial charge on any atom is -0.481 e. The SMILES string of the molecule is CCC(CC)(CO)CNCCCCCC(=O)O. The van der Waals surface area contributed by atoms with E-state index in [1.807, 2.05) is 0 Å². The topological polar surface area (TPSA) is 69.6 Å². The molecule has 0 fully saturated rings. The summed E-state index contributed by atoms with van der Waals surface area (Å²) in [5.41, 5.74) is 0.0149. The Morgan fingerprint density at radius 1 is 1.18 bits per heavy atom. The fourth-order valence-electron chi connectivity index (χ4n) is 1.84. The van der Waals surface area contributed by atoms with Crippen molar-refractivity contribution in [1.82, 2.24) is 5.32 Å². The molecule has 0 bridgehead atoms. The average Bonchev–Trinajstić information content (AvgIpc) is 2.33. The fraction of sp³-hybridized carbons (Fsp3) is 0.923. The van der Waals surface area contributed by atoms with Gasteiger partial charge < -0.3 is 15.5 Å². The lowest BCUT2D eigenvalue weighted by atomic mass is 9.83. The molecule has 0 saturated carbocycles. The first kappa shape index (κ1) is 16.4. The Morgan fingerprint density at radius 2 is 1.82 bits per heavy atom. The maximum Gasteiger partial charge on any atom is 0.303 e. The van der Waals surface area contributed by atoms with Crippen LogP contribution < -0.4 is 5.32 Å². The van der Waals surface area contributed by atoms with E-state index < -0.39 is 5.97 Å². The third-order valence-corrected chi connectivity index (χ3v) is 3.58. The van der Waals surface area contributed by atoms with E-state index in [4.69, 9.17) is 5.11 Å². The molecule has 3 N–H and O–H groups in total.